The molecule has 0 saturated heterocycles. The summed E-state index contributed by atoms with van der Waals surface area (Å²) in [5.74, 6) is -0.966. The van der Waals surface area contributed by atoms with Gasteiger partial charge in [-0.1, -0.05) is 142 Å². The van der Waals surface area contributed by atoms with Gasteiger partial charge < -0.3 is 20.1 Å². The fourth-order valence-electron chi connectivity index (χ4n) is 4.42. The minimum absolute atomic E-state index is 0.0334. The van der Waals surface area contributed by atoms with Gasteiger partial charge in [0.05, 0.1) is 13.2 Å². The van der Waals surface area contributed by atoms with Gasteiger partial charge in [-0.25, -0.2) is 4.57 Å². The monoisotopic (exact) mass is 757 g/mol. The normalized spacial score (nSPS) is 14.6. The third-order valence-electron chi connectivity index (χ3n) is 7.23. The maximum absolute atomic E-state index is 12.5. The second-order valence-corrected chi connectivity index (χ2v) is 13.5. The lowest BCUT2D eigenvalue weighted by molar-refractivity contribution is -0.161. The quantitative estimate of drug-likeness (QED) is 0.0216. The molecule has 10 heteroatoms. The highest BCUT2D eigenvalue weighted by atomic mass is 31.2. The molecular formula is C43H68NO8P. The van der Waals surface area contributed by atoms with Gasteiger partial charge in [0.1, 0.15) is 6.61 Å². The van der Waals surface area contributed by atoms with Crippen LogP contribution in [-0.4, -0.2) is 49.3 Å². The maximum atomic E-state index is 12.5. The van der Waals surface area contributed by atoms with Crippen LogP contribution in [0.3, 0.4) is 0 Å². The molecular weight excluding hydrogens is 689 g/mol. The first-order valence-corrected chi connectivity index (χ1v) is 20.9. The van der Waals surface area contributed by atoms with Crippen molar-refractivity contribution in [1.82, 2.24) is 0 Å². The summed E-state index contributed by atoms with van der Waals surface area (Å²) in [7, 11) is -4.40. The summed E-state index contributed by atoms with van der Waals surface area (Å²) in [6, 6.07) is 0. The summed E-state index contributed by atoms with van der Waals surface area (Å²) in [4.78, 5) is 34.7. The van der Waals surface area contributed by atoms with Crippen LogP contribution in [0.5, 0.6) is 0 Å². The molecule has 0 radical (unpaired) electrons. The lowest BCUT2D eigenvalue weighted by atomic mass is 10.1. The smallest absolute Gasteiger partial charge is 0.462 e. The van der Waals surface area contributed by atoms with E-state index in [1.807, 2.05) is 30.4 Å². The van der Waals surface area contributed by atoms with E-state index < -0.39 is 32.5 Å². The molecule has 0 saturated carbocycles. The number of phosphoric ester groups is 1. The number of phosphoric acid groups is 1. The Morgan fingerprint density at radius 1 is 0.585 bits per heavy atom. The zero-order valence-corrected chi connectivity index (χ0v) is 33.3. The largest absolute Gasteiger partial charge is 0.472 e. The predicted octanol–water partition coefficient (Wildman–Crippen LogP) is 10.8. The van der Waals surface area contributed by atoms with Crippen molar-refractivity contribution in [2.75, 3.05) is 26.4 Å². The lowest BCUT2D eigenvalue weighted by Crippen LogP contribution is -2.29. The van der Waals surface area contributed by atoms with Gasteiger partial charge in [0, 0.05) is 19.4 Å². The van der Waals surface area contributed by atoms with Crippen molar-refractivity contribution in [3.63, 3.8) is 0 Å². The summed E-state index contributed by atoms with van der Waals surface area (Å²) in [6.45, 7) is 3.32. The minimum Gasteiger partial charge on any atom is -0.462 e. The molecule has 9 nitrogen and oxygen atoms in total. The number of unbranched alkanes of at least 4 members (excludes halogenated alkanes) is 5. The van der Waals surface area contributed by atoms with Gasteiger partial charge in [0.2, 0.25) is 0 Å². The third-order valence-corrected chi connectivity index (χ3v) is 8.21. The van der Waals surface area contributed by atoms with Crippen LogP contribution in [-0.2, 0) is 32.7 Å². The fourth-order valence-corrected chi connectivity index (χ4v) is 5.19. The van der Waals surface area contributed by atoms with E-state index in [0.29, 0.717) is 12.8 Å². The number of allylic oxidation sites excluding steroid dienone is 18. The van der Waals surface area contributed by atoms with Gasteiger partial charge in [-0.15, -0.1) is 0 Å². The zero-order valence-electron chi connectivity index (χ0n) is 32.4. The molecule has 0 rings (SSSR count). The van der Waals surface area contributed by atoms with Crippen LogP contribution in [0, 0.1) is 0 Å². The molecule has 3 N–H and O–H groups in total. The van der Waals surface area contributed by atoms with Crippen molar-refractivity contribution in [3.8, 4) is 0 Å². The van der Waals surface area contributed by atoms with Crippen molar-refractivity contribution in [3.05, 3.63) is 109 Å². The molecule has 0 aliphatic heterocycles. The summed E-state index contributed by atoms with van der Waals surface area (Å²) in [5, 5.41) is 0. The van der Waals surface area contributed by atoms with E-state index >= 15 is 0 Å². The summed E-state index contributed by atoms with van der Waals surface area (Å²) in [6.07, 6.45) is 49.9. The van der Waals surface area contributed by atoms with Crippen molar-refractivity contribution in [2.45, 2.75) is 123 Å². The Balaban J connectivity index is 4.39. The van der Waals surface area contributed by atoms with Crippen LogP contribution in [0.1, 0.15) is 117 Å². The molecule has 0 fully saturated rings. The number of nitrogens with two attached hydrogens (primary N) is 1. The Morgan fingerprint density at radius 3 is 1.70 bits per heavy atom. The molecule has 0 aromatic carbocycles. The molecule has 0 spiro atoms. The standard InChI is InChI=1S/C43H68NO8P/c1-3-5-7-9-11-13-15-17-18-19-20-21-22-24-25-27-29-31-33-35-42(45)49-39-41(40-51-53(47,48)50-38-37-44)52-43(46)36-34-32-30-28-26-23-16-14-12-10-8-6-4-2/h5-8,10-14,16-18,20-21,24-25,29,31,41H,3-4,9,15,19,22-23,26-28,30,32-40,44H2,1-2H3,(H,47,48)/b7-5+,8-6+,12-10+,13-11+,16-14+,18-17+,21-20+,25-24+,31-29+. The van der Waals surface area contributed by atoms with Crippen molar-refractivity contribution < 1.29 is 37.6 Å². The van der Waals surface area contributed by atoms with Crippen molar-refractivity contribution >= 4 is 19.8 Å². The number of carbonyl (C=O) groups is 2. The van der Waals surface area contributed by atoms with E-state index in [0.717, 1.165) is 77.0 Å². The Hall–Kier alpha value is -3.33. The number of esters is 2. The Labute approximate surface area is 320 Å². The third kappa shape index (κ3) is 38.2. The number of hydrogen-bond donors (Lipinski definition) is 2. The Morgan fingerprint density at radius 2 is 1.11 bits per heavy atom. The highest BCUT2D eigenvalue weighted by molar-refractivity contribution is 7.47. The minimum atomic E-state index is -4.40. The second-order valence-electron chi connectivity index (χ2n) is 12.1. The Bertz CT molecular complexity index is 1230. The molecule has 0 bridgehead atoms. The molecule has 0 amide bonds. The summed E-state index contributed by atoms with van der Waals surface area (Å²) < 4.78 is 32.6. The van der Waals surface area contributed by atoms with Crippen molar-refractivity contribution in [2.24, 2.45) is 5.73 Å². The van der Waals surface area contributed by atoms with Gasteiger partial charge in [0.25, 0.3) is 0 Å². The molecule has 0 heterocycles. The average molecular weight is 758 g/mol. The molecule has 53 heavy (non-hydrogen) atoms. The van der Waals surface area contributed by atoms with E-state index in [-0.39, 0.29) is 32.6 Å². The average Bonchev–Trinajstić information content (AvgIpc) is 3.14. The Kier molecular flexibility index (Phi) is 36.0. The molecule has 298 valence electrons. The van der Waals surface area contributed by atoms with E-state index in [1.54, 1.807) is 0 Å². The summed E-state index contributed by atoms with van der Waals surface area (Å²) >= 11 is 0. The topological polar surface area (TPSA) is 134 Å². The van der Waals surface area contributed by atoms with Crippen molar-refractivity contribution in [1.29, 1.82) is 0 Å². The number of rotatable bonds is 34. The van der Waals surface area contributed by atoms with Gasteiger partial charge in [-0.2, -0.15) is 0 Å². The zero-order chi connectivity index (χ0) is 38.9. The van der Waals surface area contributed by atoms with E-state index in [1.165, 1.54) is 0 Å². The van der Waals surface area contributed by atoms with Gasteiger partial charge in [-0.3, -0.25) is 18.6 Å². The van der Waals surface area contributed by atoms with Gasteiger partial charge in [0.15, 0.2) is 6.10 Å². The highest BCUT2D eigenvalue weighted by Gasteiger charge is 2.25. The molecule has 0 aliphatic carbocycles. The lowest BCUT2D eigenvalue weighted by Gasteiger charge is -2.19. The van der Waals surface area contributed by atoms with E-state index in [9.17, 15) is 19.0 Å². The van der Waals surface area contributed by atoms with Crippen LogP contribution in [0.25, 0.3) is 0 Å². The van der Waals surface area contributed by atoms with Crippen LogP contribution < -0.4 is 5.73 Å². The SMILES string of the molecule is CC/C=C/C=C/C=C/CCCCCCCC(=O)OC(COC(=O)CC/C=C/C/C=C/C/C=C/C/C=C/C/C=C/C/C=C/CC)COP(=O)(O)OCCN. The van der Waals surface area contributed by atoms with Crippen LogP contribution >= 0.6 is 7.82 Å². The molecule has 0 aromatic rings. The van der Waals surface area contributed by atoms with Gasteiger partial charge >= 0.3 is 19.8 Å². The second kappa shape index (κ2) is 38.4. The van der Waals surface area contributed by atoms with Crippen LogP contribution in [0.2, 0.25) is 0 Å². The van der Waals surface area contributed by atoms with Crippen LogP contribution in [0.15, 0.2) is 109 Å². The first kappa shape index (κ1) is 49.7. The van der Waals surface area contributed by atoms with Gasteiger partial charge in [-0.05, 0) is 70.6 Å². The molecule has 0 aliphatic rings. The first-order chi connectivity index (χ1) is 25.8. The summed E-state index contributed by atoms with van der Waals surface area (Å²) in [5.41, 5.74) is 5.33. The molecule has 2 unspecified atom stereocenters. The predicted molar refractivity (Wildman–Crippen MR) is 219 cm³/mol. The molecule has 2 atom stereocenters. The van der Waals surface area contributed by atoms with E-state index in [4.69, 9.17) is 24.3 Å². The number of hydrogen-bond acceptors (Lipinski definition) is 8. The number of ether oxygens (including phenoxy) is 2. The van der Waals surface area contributed by atoms with Crippen LogP contribution in [0.4, 0.5) is 0 Å². The fraction of sp³-hybridized carbons (Fsp3) is 0.535. The molecule has 0 aromatic heterocycles. The number of carbonyl (C=O) groups excluding carboxylic acids is 2. The van der Waals surface area contributed by atoms with E-state index in [2.05, 4.69) is 92.8 Å². The first-order valence-electron chi connectivity index (χ1n) is 19.4. The maximum Gasteiger partial charge on any atom is 0.472 e. The highest BCUT2D eigenvalue weighted by Crippen LogP contribution is 2.43.